The van der Waals surface area contributed by atoms with E-state index in [1.807, 2.05) is 18.2 Å². The molecule has 7 heteroatoms. The molecule has 0 spiro atoms. The summed E-state index contributed by atoms with van der Waals surface area (Å²) in [6.45, 7) is 12.8. The van der Waals surface area contributed by atoms with Crippen molar-refractivity contribution in [3.63, 3.8) is 0 Å². The standard InChI is InChI=1S/C30H42ClNO5/c1-7-10-22-13-14-24(22)19-32-27-18-23(29(33)34-4)15-16-28(27)37-20-25(30(35-5)36-6)12-9-11-21(3)17-26(31)8-2/h7-8,15-18,22,24-25,30,32H,1-3,9-14,19-20H2,4-6H3/b26-17+/t22-,24+,25-/m1/s1. The van der Waals surface area contributed by atoms with Crippen molar-refractivity contribution in [3.05, 3.63) is 72.3 Å². The topological polar surface area (TPSA) is 66.0 Å². The van der Waals surface area contributed by atoms with Crippen LogP contribution in [0.25, 0.3) is 0 Å². The summed E-state index contributed by atoms with van der Waals surface area (Å²) in [4.78, 5) is 12.2. The van der Waals surface area contributed by atoms with Crippen LogP contribution in [0.4, 0.5) is 5.69 Å². The van der Waals surface area contributed by atoms with Gasteiger partial charge in [0, 0.05) is 31.7 Å². The first-order valence-electron chi connectivity index (χ1n) is 12.8. The van der Waals surface area contributed by atoms with Gasteiger partial charge in [-0.1, -0.05) is 42.5 Å². The summed E-state index contributed by atoms with van der Waals surface area (Å²) in [5, 5.41) is 4.09. The van der Waals surface area contributed by atoms with E-state index in [0.717, 1.165) is 43.5 Å². The van der Waals surface area contributed by atoms with Gasteiger partial charge in [0.15, 0.2) is 6.29 Å². The number of anilines is 1. The Hall–Kier alpha value is -2.54. The van der Waals surface area contributed by atoms with E-state index in [9.17, 15) is 4.79 Å². The minimum atomic E-state index is -0.416. The molecule has 6 nitrogen and oxygen atoms in total. The third kappa shape index (κ3) is 9.69. The van der Waals surface area contributed by atoms with Crippen LogP contribution in [0.15, 0.2) is 66.8 Å². The third-order valence-corrected chi connectivity index (χ3v) is 7.18. The van der Waals surface area contributed by atoms with Crippen LogP contribution < -0.4 is 10.1 Å². The fourth-order valence-electron chi connectivity index (χ4n) is 4.60. The summed E-state index contributed by atoms with van der Waals surface area (Å²) >= 11 is 6.03. The zero-order valence-corrected chi connectivity index (χ0v) is 23.2. The molecule has 1 aliphatic rings. The summed E-state index contributed by atoms with van der Waals surface area (Å²) < 4.78 is 22.3. The van der Waals surface area contributed by atoms with Gasteiger partial charge in [-0.2, -0.15) is 0 Å². The van der Waals surface area contributed by atoms with Crippen molar-refractivity contribution < 1.29 is 23.7 Å². The van der Waals surface area contributed by atoms with E-state index in [1.54, 1.807) is 32.4 Å². The van der Waals surface area contributed by atoms with E-state index in [4.69, 9.17) is 30.5 Å². The lowest BCUT2D eigenvalue weighted by molar-refractivity contribution is -0.145. The molecule has 1 aromatic rings. The first-order valence-corrected chi connectivity index (χ1v) is 13.2. The van der Waals surface area contributed by atoms with Gasteiger partial charge in [-0.05, 0) is 74.6 Å². The summed E-state index contributed by atoms with van der Waals surface area (Å²) in [5.41, 5.74) is 2.18. The van der Waals surface area contributed by atoms with Crippen molar-refractivity contribution >= 4 is 23.3 Å². The second-order valence-electron chi connectivity index (χ2n) is 9.40. The number of benzene rings is 1. The van der Waals surface area contributed by atoms with Crippen LogP contribution in [0, 0.1) is 17.8 Å². The molecule has 1 aliphatic carbocycles. The van der Waals surface area contributed by atoms with E-state index in [-0.39, 0.29) is 11.9 Å². The number of methoxy groups -OCH3 is 3. The van der Waals surface area contributed by atoms with E-state index in [1.165, 1.54) is 20.0 Å². The highest BCUT2D eigenvalue weighted by molar-refractivity contribution is 6.31. The Balaban J connectivity index is 2.10. The van der Waals surface area contributed by atoms with Crippen molar-refractivity contribution in [2.45, 2.75) is 44.8 Å². The summed E-state index contributed by atoms with van der Waals surface area (Å²) in [6, 6.07) is 5.32. The van der Waals surface area contributed by atoms with Gasteiger partial charge in [-0.15, -0.1) is 6.58 Å². The van der Waals surface area contributed by atoms with Gasteiger partial charge >= 0.3 is 5.97 Å². The van der Waals surface area contributed by atoms with Crippen LogP contribution in [0.1, 0.15) is 48.9 Å². The zero-order chi connectivity index (χ0) is 27.2. The van der Waals surface area contributed by atoms with E-state index >= 15 is 0 Å². The average molecular weight is 532 g/mol. The van der Waals surface area contributed by atoms with Gasteiger partial charge in [0.05, 0.1) is 25.0 Å². The fourth-order valence-corrected chi connectivity index (χ4v) is 4.76. The average Bonchev–Trinajstić information content (AvgIpc) is 2.89. The fraction of sp³-hybridized carbons (Fsp3) is 0.500. The normalized spacial score (nSPS) is 18.0. The second-order valence-corrected chi connectivity index (χ2v) is 9.84. The molecule has 1 aromatic carbocycles. The minimum absolute atomic E-state index is 0.0154. The molecule has 0 aliphatic heterocycles. The maximum atomic E-state index is 12.2. The molecule has 1 N–H and O–H groups in total. The van der Waals surface area contributed by atoms with Crippen molar-refractivity contribution in [3.8, 4) is 5.75 Å². The Labute approximate surface area is 227 Å². The van der Waals surface area contributed by atoms with E-state index in [2.05, 4.69) is 25.1 Å². The Morgan fingerprint density at radius 1 is 1.19 bits per heavy atom. The number of ether oxygens (including phenoxy) is 4. The number of carbonyl (C=O) groups is 1. The minimum Gasteiger partial charge on any atom is -0.491 e. The van der Waals surface area contributed by atoms with Crippen LogP contribution in [-0.4, -0.2) is 46.7 Å². The lowest BCUT2D eigenvalue weighted by atomic mass is 9.72. The van der Waals surface area contributed by atoms with Gasteiger partial charge in [0.25, 0.3) is 0 Å². The van der Waals surface area contributed by atoms with Crippen LogP contribution in [0.2, 0.25) is 0 Å². The molecule has 204 valence electrons. The maximum absolute atomic E-state index is 12.2. The highest BCUT2D eigenvalue weighted by atomic mass is 35.5. The molecular formula is C30H42ClNO5. The Morgan fingerprint density at radius 3 is 2.51 bits per heavy atom. The van der Waals surface area contributed by atoms with E-state index in [0.29, 0.717) is 34.8 Å². The molecule has 0 bridgehead atoms. The van der Waals surface area contributed by atoms with Gasteiger partial charge < -0.3 is 24.3 Å². The molecular weight excluding hydrogens is 490 g/mol. The van der Waals surface area contributed by atoms with Gasteiger partial charge in [0.2, 0.25) is 0 Å². The molecule has 0 saturated heterocycles. The second kappa shape index (κ2) is 16.3. The summed E-state index contributed by atoms with van der Waals surface area (Å²) in [5.74, 6) is 1.50. The summed E-state index contributed by atoms with van der Waals surface area (Å²) in [6.07, 6.45) is 10.9. The third-order valence-electron chi connectivity index (χ3n) is 6.91. The van der Waals surface area contributed by atoms with Crippen molar-refractivity contribution in [2.24, 2.45) is 17.8 Å². The molecule has 0 aromatic heterocycles. The van der Waals surface area contributed by atoms with Crippen molar-refractivity contribution in [1.82, 2.24) is 0 Å². The molecule has 3 atom stereocenters. The van der Waals surface area contributed by atoms with Crippen molar-refractivity contribution in [1.29, 1.82) is 0 Å². The van der Waals surface area contributed by atoms with Gasteiger partial charge in [-0.25, -0.2) is 4.79 Å². The number of hydrogen-bond acceptors (Lipinski definition) is 6. The van der Waals surface area contributed by atoms with Gasteiger partial charge in [0.1, 0.15) is 5.75 Å². The number of nitrogens with one attached hydrogen (secondary N) is 1. The predicted molar refractivity (Wildman–Crippen MR) is 151 cm³/mol. The Bertz CT molecular complexity index is 940. The highest BCUT2D eigenvalue weighted by Gasteiger charge is 2.29. The first kappa shape index (κ1) is 30.7. The lowest BCUT2D eigenvalue weighted by Crippen LogP contribution is -2.32. The largest absolute Gasteiger partial charge is 0.491 e. The number of allylic oxidation sites excluding steroid dienone is 5. The molecule has 0 amide bonds. The predicted octanol–water partition coefficient (Wildman–Crippen LogP) is 7.14. The molecule has 0 unspecified atom stereocenters. The van der Waals surface area contributed by atoms with Crippen LogP contribution in [0.3, 0.4) is 0 Å². The van der Waals surface area contributed by atoms with Crippen LogP contribution in [-0.2, 0) is 14.2 Å². The lowest BCUT2D eigenvalue weighted by Gasteiger charge is -2.36. The zero-order valence-electron chi connectivity index (χ0n) is 22.5. The molecule has 1 fully saturated rings. The molecule has 37 heavy (non-hydrogen) atoms. The smallest absolute Gasteiger partial charge is 0.337 e. The molecule has 0 radical (unpaired) electrons. The quantitative estimate of drug-likeness (QED) is 0.0939. The number of halogens is 1. The van der Waals surface area contributed by atoms with Gasteiger partial charge in [-0.3, -0.25) is 0 Å². The van der Waals surface area contributed by atoms with E-state index < -0.39 is 6.29 Å². The molecule has 2 rings (SSSR count). The van der Waals surface area contributed by atoms with Crippen LogP contribution in [0.5, 0.6) is 5.75 Å². The Morgan fingerprint density at radius 2 is 1.92 bits per heavy atom. The number of rotatable bonds is 18. The Kier molecular flexibility index (Phi) is 13.5. The molecule has 0 heterocycles. The monoisotopic (exact) mass is 531 g/mol. The highest BCUT2D eigenvalue weighted by Crippen LogP contribution is 2.38. The SMILES string of the molecule is C=CC[C@@H]1CC[C@H]1CNc1cc(C(=O)OC)ccc1OC[C@@H](CCCC(=C)/C=C(/Cl)C=C)C(OC)OC. The number of hydrogen-bond donors (Lipinski definition) is 1. The summed E-state index contributed by atoms with van der Waals surface area (Å²) in [7, 11) is 4.64. The van der Waals surface area contributed by atoms with Crippen LogP contribution >= 0.6 is 11.6 Å². The number of carbonyl (C=O) groups excluding carboxylic acids is 1. The molecule has 1 saturated carbocycles. The maximum Gasteiger partial charge on any atom is 0.337 e. The van der Waals surface area contributed by atoms with Crippen molar-refractivity contribution in [2.75, 3.05) is 39.8 Å². The number of esters is 1. The first-order chi connectivity index (χ1) is 17.9.